The average molecular weight is 328 g/mol. The first-order valence-corrected chi connectivity index (χ1v) is 6.99. The van der Waals surface area contributed by atoms with E-state index < -0.39 is 5.84 Å². The Morgan fingerprint density at radius 2 is 1.96 bits per heavy atom. The zero-order valence-electron chi connectivity index (χ0n) is 12.3. The molecule has 0 radical (unpaired) electrons. The molecule has 2 aromatic rings. The summed E-state index contributed by atoms with van der Waals surface area (Å²) in [6.45, 7) is 1.79. The summed E-state index contributed by atoms with van der Waals surface area (Å²) < 4.78 is 0. The van der Waals surface area contributed by atoms with Gasteiger partial charge in [0.05, 0.1) is 10.7 Å². The monoisotopic (exact) mass is 327 g/mol. The van der Waals surface area contributed by atoms with Crippen LogP contribution in [-0.2, 0) is 0 Å². The number of aromatic hydroxyl groups is 1. The van der Waals surface area contributed by atoms with Crippen molar-refractivity contribution in [3.8, 4) is 22.9 Å². The SMILES string of the molecule is Cc1cccc(-c2cccc(Cl)c2N/N=C(\C#N)C(=N)N)c1O. The van der Waals surface area contributed by atoms with Gasteiger partial charge < -0.3 is 10.8 Å². The zero-order valence-corrected chi connectivity index (χ0v) is 13.0. The average Bonchev–Trinajstić information content (AvgIpc) is 2.51. The van der Waals surface area contributed by atoms with E-state index in [-0.39, 0.29) is 11.5 Å². The number of aryl methyl sites for hydroxylation is 1. The zero-order chi connectivity index (χ0) is 17.0. The lowest BCUT2D eigenvalue weighted by atomic mass is 10.0. The molecule has 0 unspecified atom stereocenters. The number of rotatable bonds is 4. The van der Waals surface area contributed by atoms with E-state index in [2.05, 4.69) is 10.5 Å². The minimum Gasteiger partial charge on any atom is -0.507 e. The molecule has 0 amide bonds. The molecule has 2 rings (SSSR count). The van der Waals surface area contributed by atoms with E-state index in [9.17, 15) is 5.11 Å². The number of anilines is 1. The van der Waals surface area contributed by atoms with E-state index in [1.165, 1.54) is 0 Å². The number of amidine groups is 1. The van der Waals surface area contributed by atoms with Crippen LogP contribution in [0.25, 0.3) is 11.1 Å². The second-order valence-corrected chi connectivity index (χ2v) is 5.14. The van der Waals surface area contributed by atoms with Crippen LogP contribution >= 0.6 is 11.6 Å². The minimum atomic E-state index is -0.452. The quantitative estimate of drug-likeness (QED) is 0.391. The summed E-state index contributed by atoms with van der Waals surface area (Å²) in [4.78, 5) is 0. The maximum absolute atomic E-state index is 10.3. The van der Waals surface area contributed by atoms with E-state index in [4.69, 9.17) is 28.0 Å². The van der Waals surface area contributed by atoms with Crippen molar-refractivity contribution < 1.29 is 5.11 Å². The molecular weight excluding hydrogens is 314 g/mol. The van der Waals surface area contributed by atoms with E-state index >= 15 is 0 Å². The fraction of sp³-hybridized carbons (Fsp3) is 0.0625. The van der Waals surface area contributed by atoms with Crippen molar-refractivity contribution in [2.24, 2.45) is 10.8 Å². The van der Waals surface area contributed by atoms with E-state index in [0.29, 0.717) is 21.8 Å². The molecule has 0 bridgehead atoms. The highest BCUT2D eigenvalue weighted by molar-refractivity contribution is 6.46. The van der Waals surface area contributed by atoms with Crippen LogP contribution in [0.4, 0.5) is 5.69 Å². The van der Waals surface area contributed by atoms with Crippen molar-refractivity contribution in [3.05, 3.63) is 47.0 Å². The second-order valence-electron chi connectivity index (χ2n) is 4.73. The van der Waals surface area contributed by atoms with Crippen LogP contribution in [0.2, 0.25) is 5.02 Å². The molecule has 0 saturated carbocycles. The van der Waals surface area contributed by atoms with Gasteiger partial charge in [-0.2, -0.15) is 10.4 Å². The first-order chi connectivity index (χ1) is 11.0. The van der Waals surface area contributed by atoms with Gasteiger partial charge in [0.25, 0.3) is 0 Å². The summed E-state index contributed by atoms with van der Waals surface area (Å²) in [6, 6.07) is 12.2. The molecule has 0 aliphatic rings. The lowest BCUT2D eigenvalue weighted by molar-refractivity contribution is 0.473. The van der Waals surface area contributed by atoms with Gasteiger partial charge in [0.15, 0.2) is 5.84 Å². The summed E-state index contributed by atoms with van der Waals surface area (Å²) in [5.74, 6) is -0.319. The minimum absolute atomic E-state index is 0.133. The predicted octanol–water partition coefficient (Wildman–Crippen LogP) is 3.25. The van der Waals surface area contributed by atoms with E-state index in [1.807, 2.05) is 6.07 Å². The number of nitrogens with zero attached hydrogens (tertiary/aromatic N) is 2. The molecule has 5 N–H and O–H groups in total. The number of phenolic OH excluding ortho intramolecular Hbond substituents is 1. The first-order valence-electron chi connectivity index (χ1n) is 6.61. The lowest BCUT2D eigenvalue weighted by Gasteiger charge is -2.13. The largest absolute Gasteiger partial charge is 0.507 e. The van der Waals surface area contributed by atoms with Crippen molar-refractivity contribution in [3.63, 3.8) is 0 Å². The van der Waals surface area contributed by atoms with Gasteiger partial charge in [0.2, 0.25) is 5.71 Å². The topological polar surface area (TPSA) is 118 Å². The Labute approximate surface area is 138 Å². The number of phenols is 1. The number of para-hydroxylation sites is 2. The molecule has 0 aliphatic carbocycles. The molecule has 0 spiro atoms. The Balaban J connectivity index is 2.56. The van der Waals surface area contributed by atoms with Crippen LogP contribution in [0.15, 0.2) is 41.5 Å². The third-order valence-electron chi connectivity index (χ3n) is 3.18. The maximum atomic E-state index is 10.3. The number of hydrogen-bond donors (Lipinski definition) is 4. The molecular formula is C16H14ClN5O. The normalized spacial score (nSPS) is 10.9. The van der Waals surface area contributed by atoms with Crippen LogP contribution in [0.5, 0.6) is 5.75 Å². The van der Waals surface area contributed by atoms with Gasteiger partial charge in [-0.3, -0.25) is 10.8 Å². The molecule has 0 aromatic heterocycles. The number of hydrazone groups is 1. The molecule has 7 heteroatoms. The number of benzene rings is 2. The van der Waals surface area contributed by atoms with Gasteiger partial charge in [0.1, 0.15) is 11.8 Å². The Morgan fingerprint density at radius 3 is 2.61 bits per heavy atom. The number of nitrogens with two attached hydrogens (primary N) is 1. The van der Waals surface area contributed by atoms with Crippen molar-refractivity contribution in [2.45, 2.75) is 6.92 Å². The molecule has 0 aliphatic heterocycles. The third-order valence-corrected chi connectivity index (χ3v) is 3.50. The van der Waals surface area contributed by atoms with Crippen LogP contribution in [0.3, 0.4) is 0 Å². The summed E-state index contributed by atoms with van der Waals surface area (Å²) in [5.41, 5.74) is 9.98. The fourth-order valence-corrected chi connectivity index (χ4v) is 2.21. The van der Waals surface area contributed by atoms with E-state index in [0.717, 1.165) is 5.56 Å². The molecule has 0 atom stereocenters. The Hall–Kier alpha value is -3.04. The standard InChI is InChI=1S/C16H14ClN5O/c1-9-4-2-6-11(15(9)23)10-5-3-7-12(17)14(10)22-21-13(8-18)16(19)20/h2-7,22-23H,1H3,(H3,19,20)/b21-13+. The molecule has 116 valence electrons. The van der Waals surface area contributed by atoms with Crippen molar-refractivity contribution in [2.75, 3.05) is 5.43 Å². The van der Waals surface area contributed by atoms with Crippen molar-refractivity contribution in [1.29, 1.82) is 10.7 Å². The third kappa shape index (κ3) is 3.42. The summed E-state index contributed by atoms with van der Waals surface area (Å²) in [5, 5.41) is 30.6. The lowest BCUT2D eigenvalue weighted by Crippen LogP contribution is -2.22. The molecule has 6 nitrogen and oxygen atoms in total. The highest BCUT2D eigenvalue weighted by Gasteiger charge is 2.13. The predicted molar refractivity (Wildman–Crippen MR) is 91.9 cm³/mol. The summed E-state index contributed by atoms with van der Waals surface area (Å²) >= 11 is 6.20. The highest BCUT2D eigenvalue weighted by atomic mass is 35.5. The number of hydrogen-bond acceptors (Lipinski definition) is 5. The summed E-state index contributed by atoms with van der Waals surface area (Å²) in [7, 11) is 0. The van der Waals surface area contributed by atoms with Gasteiger partial charge in [-0.05, 0) is 18.6 Å². The fourth-order valence-electron chi connectivity index (χ4n) is 2.00. The van der Waals surface area contributed by atoms with Gasteiger partial charge in [-0.25, -0.2) is 0 Å². The highest BCUT2D eigenvalue weighted by Crippen LogP contribution is 2.39. The molecule has 0 saturated heterocycles. The van der Waals surface area contributed by atoms with Gasteiger partial charge in [-0.1, -0.05) is 41.9 Å². The molecule has 0 heterocycles. The number of nitrogens with one attached hydrogen (secondary N) is 2. The van der Waals surface area contributed by atoms with Crippen LogP contribution in [-0.4, -0.2) is 16.7 Å². The molecule has 23 heavy (non-hydrogen) atoms. The van der Waals surface area contributed by atoms with Gasteiger partial charge in [-0.15, -0.1) is 0 Å². The van der Waals surface area contributed by atoms with Crippen molar-refractivity contribution in [1.82, 2.24) is 0 Å². The van der Waals surface area contributed by atoms with E-state index in [1.54, 1.807) is 43.3 Å². The first kappa shape index (κ1) is 16.3. The van der Waals surface area contributed by atoms with Crippen LogP contribution in [0.1, 0.15) is 5.56 Å². The Morgan fingerprint density at radius 1 is 1.30 bits per heavy atom. The van der Waals surface area contributed by atoms with Crippen molar-refractivity contribution >= 4 is 28.8 Å². The Kier molecular flexibility index (Phi) is 4.84. The smallest absolute Gasteiger partial charge is 0.201 e. The molecule has 2 aromatic carbocycles. The second kappa shape index (κ2) is 6.81. The van der Waals surface area contributed by atoms with Gasteiger partial charge >= 0.3 is 0 Å². The maximum Gasteiger partial charge on any atom is 0.201 e. The number of halogens is 1. The Bertz CT molecular complexity index is 839. The van der Waals surface area contributed by atoms with Crippen LogP contribution < -0.4 is 11.2 Å². The summed E-state index contributed by atoms with van der Waals surface area (Å²) in [6.07, 6.45) is 0. The van der Waals surface area contributed by atoms with Crippen LogP contribution in [0, 0.1) is 23.7 Å². The van der Waals surface area contributed by atoms with Gasteiger partial charge in [0, 0.05) is 11.1 Å². The number of nitriles is 1. The molecule has 0 fully saturated rings.